The van der Waals surface area contributed by atoms with Gasteiger partial charge < -0.3 is 5.32 Å². The van der Waals surface area contributed by atoms with E-state index in [4.69, 9.17) is 0 Å². The smallest absolute Gasteiger partial charge is 0.176 e. The maximum absolute atomic E-state index is 11.9. The van der Waals surface area contributed by atoms with Crippen molar-refractivity contribution in [3.05, 3.63) is 5.82 Å². The third-order valence-electron chi connectivity index (χ3n) is 3.18. The quantitative estimate of drug-likeness (QED) is 0.756. The minimum atomic E-state index is -3.18. The van der Waals surface area contributed by atoms with Crippen LogP contribution in [0.4, 0.5) is 0 Å². The summed E-state index contributed by atoms with van der Waals surface area (Å²) in [5.41, 5.74) is 0. The maximum Gasteiger partial charge on any atom is 0.176 e. The van der Waals surface area contributed by atoms with Crippen molar-refractivity contribution in [2.45, 2.75) is 38.0 Å². The van der Waals surface area contributed by atoms with E-state index < -0.39 is 14.6 Å². The van der Waals surface area contributed by atoms with Gasteiger partial charge in [0.2, 0.25) is 0 Å². The first kappa shape index (κ1) is 15.0. The fraction of sp³-hybridized carbons (Fsp3) is 0.900. The van der Waals surface area contributed by atoms with E-state index in [1.807, 2.05) is 6.92 Å². The molecule has 0 spiro atoms. The molecule has 1 atom stereocenters. The molecule has 1 aromatic rings. The standard InChI is InChI=1S/C10H21N5O2S/c1-6-11-8(10(2,3)18(5,16)17)7-9-12-14-15(4)13-9/h8,11H,6-7H2,1-5H3. The van der Waals surface area contributed by atoms with Gasteiger partial charge in [-0.05, 0) is 25.6 Å². The molecule has 1 heterocycles. The molecular weight excluding hydrogens is 254 g/mol. The molecule has 0 saturated heterocycles. The molecule has 0 aliphatic heterocycles. The molecule has 0 aliphatic carbocycles. The van der Waals surface area contributed by atoms with E-state index in [1.165, 1.54) is 11.1 Å². The highest BCUT2D eigenvalue weighted by Gasteiger charge is 2.39. The minimum absolute atomic E-state index is 0.248. The summed E-state index contributed by atoms with van der Waals surface area (Å²) in [6, 6.07) is -0.248. The molecule has 1 aromatic heterocycles. The fourth-order valence-corrected chi connectivity index (χ4v) is 2.34. The van der Waals surface area contributed by atoms with E-state index in [0.29, 0.717) is 18.8 Å². The molecule has 18 heavy (non-hydrogen) atoms. The van der Waals surface area contributed by atoms with Gasteiger partial charge >= 0.3 is 0 Å². The number of tetrazole rings is 1. The summed E-state index contributed by atoms with van der Waals surface area (Å²) < 4.78 is 22.8. The van der Waals surface area contributed by atoms with Gasteiger partial charge in [0.25, 0.3) is 0 Å². The van der Waals surface area contributed by atoms with Crippen molar-refractivity contribution >= 4 is 9.84 Å². The molecule has 7 nitrogen and oxygen atoms in total. The molecule has 0 amide bonds. The summed E-state index contributed by atoms with van der Waals surface area (Å²) >= 11 is 0. The zero-order chi connectivity index (χ0) is 14.0. The van der Waals surface area contributed by atoms with E-state index >= 15 is 0 Å². The lowest BCUT2D eigenvalue weighted by atomic mass is 9.99. The summed E-state index contributed by atoms with van der Waals surface area (Å²) in [6.45, 7) is 6.05. The first-order valence-corrected chi connectivity index (χ1v) is 7.73. The topological polar surface area (TPSA) is 89.8 Å². The van der Waals surface area contributed by atoms with Crippen molar-refractivity contribution in [2.24, 2.45) is 7.05 Å². The van der Waals surface area contributed by atoms with E-state index in [1.54, 1.807) is 20.9 Å². The number of aryl methyl sites for hydroxylation is 1. The Balaban J connectivity index is 2.96. The highest BCUT2D eigenvalue weighted by Crippen LogP contribution is 2.22. The van der Waals surface area contributed by atoms with E-state index in [0.717, 1.165) is 0 Å². The number of hydrogen-bond acceptors (Lipinski definition) is 6. The predicted molar refractivity (Wildman–Crippen MR) is 68.9 cm³/mol. The van der Waals surface area contributed by atoms with E-state index in [2.05, 4.69) is 20.7 Å². The number of nitrogens with one attached hydrogen (secondary N) is 1. The van der Waals surface area contributed by atoms with Crippen LogP contribution in [-0.2, 0) is 23.3 Å². The molecule has 0 aliphatic rings. The zero-order valence-corrected chi connectivity index (χ0v) is 12.3. The Morgan fingerprint density at radius 2 is 2.06 bits per heavy atom. The van der Waals surface area contributed by atoms with Crippen LogP contribution in [-0.4, -0.2) is 52.2 Å². The molecule has 1 unspecified atom stereocenters. The molecule has 0 aromatic carbocycles. The van der Waals surface area contributed by atoms with Crippen molar-refractivity contribution in [1.82, 2.24) is 25.5 Å². The normalized spacial score (nSPS) is 14.7. The number of hydrogen-bond donors (Lipinski definition) is 1. The van der Waals surface area contributed by atoms with E-state index in [-0.39, 0.29) is 6.04 Å². The van der Waals surface area contributed by atoms with Crippen molar-refractivity contribution in [1.29, 1.82) is 0 Å². The van der Waals surface area contributed by atoms with Gasteiger partial charge in [-0.1, -0.05) is 6.92 Å². The second kappa shape index (κ2) is 5.31. The van der Waals surface area contributed by atoms with Crippen molar-refractivity contribution in [2.75, 3.05) is 12.8 Å². The van der Waals surface area contributed by atoms with Gasteiger partial charge in [-0.25, -0.2) is 8.42 Å². The minimum Gasteiger partial charge on any atom is -0.312 e. The van der Waals surface area contributed by atoms with Crippen LogP contribution in [0.25, 0.3) is 0 Å². The zero-order valence-electron chi connectivity index (χ0n) is 11.5. The second-order valence-electron chi connectivity index (χ2n) is 4.89. The van der Waals surface area contributed by atoms with Crippen LogP contribution < -0.4 is 5.32 Å². The molecule has 0 bridgehead atoms. The lowest BCUT2D eigenvalue weighted by Gasteiger charge is -2.32. The molecule has 0 saturated carbocycles. The largest absolute Gasteiger partial charge is 0.312 e. The van der Waals surface area contributed by atoms with Crippen molar-refractivity contribution in [3.8, 4) is 0 Å². The van der Waals surface area contributed by atoms with Gasteiger partial charge in [-0.3, -0.25) is 0 Å². The first-order chi connectivity index (χ1) is 8.18. The average Bonchev–Trinajstić information content (AvgIpc) is 2.61. The molecule has 8 heteroatoms. The molecule has 0 fully saturated rings. The summed E-state index contributed by atoms with van der Waals surface area (Å²) in [4.78, 5) is 1.37. The highest BCUT2D eigenvalue weighted by atomic mass is 32.2. The Hall–Kier alpha value is -1.02. The molecule has 0 radical (unpaired) electrons. The fourth-order valence-electron chi connectivity index (χ4n) is 1.66. The Morgan fingerprint density at radius 3 is 2.44 bits per heavy atom. The third-order valence-corrected chi connectivity index (χ3v) is 5.38. The summed E-state index contributed by atoms with van der Waals surface area (Å²) in [7, 11) is -1.50. The van der Waals surface area contributed by atoms with Crippen LogP contribution in [0.5, 0.6) is 0 Å². The van der Waals surface area contributed by atoms with Crippen molar-refractivity contribution < 1.29 is 8.42 Å². The van der Waals surface area contributed by atoms with Gasteiger partial charge in [0.1, 0.15) is 0 Å². The number of nitrogens with zero attached hydrogens (tertiary/aromatic N) is 4. The summed E-state index contributed by atoms with van der Waals surface area (Å²) in [5, 5.41) is 14.9. The van der Waals surface area contributed by atoms with Crippen LogP contribution in [0, 0.1) is 0 Å². The highest BCUT2D eigenvalue weighted by molar-refractivity contribution is 7.92. The summed E-state index contributed by atoms with van der Waals surface area (Å²) in [5.74, 6) is 0.542. The van der Waals surface area contributed by atoms with Crippen LogP contribution in [0.3, 0.4) is 0 Å². The molecule has 1 rings (SSSR count). The summed E-state index contributed by atoms with van der Waals surface area (Å²) in [6.07, 6.45) is 1.68. The average molecular weight is 275 g/mol. The van der Waals surface area contributed by atoms with Crippen LogP contribution >= 0.6 is 0 Å². The van der Waals surface area contributed by atoms with Gasteiger partial charge in [-0.2, -0.15) is 4.80 Å². The Morgan fingerprint density at radius 1 is 1.44 bits per heavy atom. The number of aromatic nitrogens is 4. The number of likely N-dealkylation sites (N-methyl/N-ethyl adjacent to an activating group) is 1. The second-order valence-corrected chi connectivity index (χ2v) is 7.48. The molecule has 104 valence electrons. The first-order valence-electron chi connectivity index (χ1n) is 5.84. The third kappa shape index (κ3) is 3.26. The van der Waals surface area contributed by atoms with E-state index in [9.17, 15) is 8.42 Å². The molecule has 1 N–H and O–H groups in total. The lowest BCUT2D eigenvalue weighted by Crippen LogP contribution is -2.52. The molecular formula is C10H21N5O2S. The van der Waals surface area contributed by atoms with Crippen LogP contribution in [0.15, 0.2) is 0 Å². The Bertz CT molecular complexity index is 494. The number of sulfone groups is 1. The lowest BCUT2D eigenvalue weighted by molar-refractivity contribution is 0.407. The van der Waals surface area contributed by atoms with Gasteiger partial charge in [0.05, 0.1) is 11.8 Å². The van der Waals surface area contributed by atoms with Gasteiger partial charge in [0.15, 0.2) is 15.7 Å². The van der Waals surface area contributed by atoms with Gasteiger partial charge in [-0.15, -0.1) is 10.2 Å². The Kier molecular flexibility index (Phi) is 4.44. The van der Waals surface area contributed by atoms with Crippen LogP contribution in [0.1, 0.15) is 26.6 Å². The monoisotopic (exact) mass is 275 g/mol. The Labute approximate surface area is 108 Å². The van der Waals surface area contributed by atoms with Crippen LogP contribution in [0.2, 0.25) is 0 Å². The van der Waals surface area contributed by atoms with Gasteiger partial charge in [0, 0.05) is 18.7 Å². The SMILES string of the molecule is CCNC(Cc1nnn(C)n1)C(C)(C)S(C)(=O)=O. The maximum atomic E-state index is 11.9. The number of rotatable bonds is 6. The van der Waals surface area contributed by atoms with Crippen molar-refractivity contribution in [3.63, 3.8) is 0 Å². The predicted octanol–water partition coefficient (Wildman–Crippen LogP) is -0.446.